The van der Waals surface area contributed by atoms with Gasteiger partial charge in [-0.2, -0.15) is 0 Å². The molecule has 0 fully saturated rings. The quantitative estimate of drug-likeness (QED) is 0.458. The van der Waals surface area contributed by atoms with Crippen LogP contribution in [0.5, 0.6) is 0 Å². The van der Waals surface area contributed by atoms with Crippen molar-refractivity contribution in [3.63, 3.8) is 0 Å². The van der Waals surface area contributed by atoms with Crippen molar-refractivity contribution >= 4 is 29.9 Å². The molecule has 1 unspecified atom stereocenters. The molecule has 1 atom stereocenters. The zero-order valence-electron chi connectivity index (χ0n) is 12.6. The molecule has 0 radical (unpaired) electrons. The second-order valence-corrected chi connectivity index (χ2v) is 5.02. The Kier molecular flexibility index (Phi) is 9.54. The van der Waals surface area contributed by atoms with Crippen molar-refractivity contribution in [3.8, 4) is 0 Å². The Labute approximate surface area is 138 Å². The molecular weight excluding hydrogens is 368 g/mol. The van der Waals surface area contributed by atoms with E-state index in [1.54, 1.807) is 13.1 Å². The number of benzene rings is 1. The van der Waals surface area contributed by atoms with Crippen LogP contribution in [-0.2, 0) is 6.42 Å². The van der Waals surface area contributed by atoms with Gasteiger partial charge in [-0.25, -0.2) is 4.39 Å². The number of halogens is 2. The van der Waals surface area contributed by atoms with Crippen LogP contribution < -0.4 is 10.6 Å². The fourth-order valence-electron chi connectivity index (χ4n) is 1.59. The molecular formula is C15H25FIN3. The van der Waals surface area contributed by atoms with E-state index in [1.807, 2.05) is 12.1 Å². The van der Waals surface area contributed by atoms with Gasteiger partial charge < -0.3 is 10.6 Å². The van der Waals surface area contributed by atoms with Gasteiger partial charge in [0.2, 0.25) is 0 Å². The summed E-state index contributed by atoms with van der Waals surface area (Å²) in [6, 6.07) is 7.20. The van der Waals surface area contributed by atoms with Crippen molar-refractivity contribution in [2.24, 2.45) is 10.9 Å². The summed E-state index contributed by atoms with van der Waals surface area (Å²) in [6.45, 7) is 7.09. The summed E-state index contributed by atoms with van der Waals surface area (Å²) in [4.78, 5) is 4.16. The van der Waals surface area contributed by atoms with Gasteiger partial charge in [0.25, 0.3) is 0 Å². The maximum absolute atomic E-state index is 13.4. The van der Waals surface area contributed by atoms with Crippen molar-refractivity contribution < 1.29 is 4.39 Å². The number of nitrogens with zero attached hydrogens (tertiary/aromatic N) is 1. The standard InChI is InChI=1S/C15H24FN3.HI/c1-11(2)12(3)19-15(17-4)18-10-9-13-7-5-6-8-14(13)16;/h5-8,11-12H,9-10H2,1-4H3,(H2,17,18,19);1H. The van der Waals surface area contributed by atoms with Gasteiger partial charge in [0.05, 0.1) is 0 Å². The Bertz CT molecular complexity index is 421. The Morgan fingerprint density at radius 2 is 1.90 bits per heavy atom. The number of aliphatic imine (C=N–C) groups is 1. The van der Waals surface area contributed by atoms with Gasteiger partial charge in [-0.05, 0) is 30.9 Å². The fraction of sp³-hybridized carbons (Fsp3) is 0.533. The highest BCUT2D eigenvalue weighted by molar-refractivity contribution is 14.0. The number of hydrogen-bond donors (Lipinski definition) is 2. The minimum Gasteiger partial charge on any atom is -0.356 e. The van der Waals surface area contributed by atoms with Crippen LogP contribution in [0.15, 0.2) is 29.3 Å². The molecule has 1 rings (SSSR count). The van der Waals surface area contributed by atoms with Gasteiger partial charge in [-0.1, -0.05) is 32.0 Å². The molecule has 0 saturated carbocycles. The first-order chi connectivity index (χ1) is 9.04. The molecule has 2 N–H and O–H groups in total. The van der Waals surface area contributed by atoms with Crippen LogP contribution in [0, 0.1) is 11.7 Å². The third-order valence-corrected chi connectivity index (χ3v) is 3.23. The SMILES string of the molecule is CN=C(NCCc1ccccc1F)NC(C)C(C)C.I. The summed E-state index contributed by atoms with van der Waals surface area (Å²) in [5.74, 6) is 1.14. The zero-order chi connectivity index (χ0) is 14.3. The average molecular weight is 393 g/mol. The lowest BCUT2D eigenvalue weighted by Crippen LogP contribution is -2.44. The molecule has 114 valence electrons. The Hall–Kier alpha value is -0.850. The van der Waals surface area contributed by atoms with Crippen molar-refractivity contribution in [2.75, 3.05) is 13.6 Å². The molecule has 0 spiro atoms. The van der Waals surface area contributed by atoms with Crippen LogP contribution in [0.3, 0.4) is 0 Å². The first-order valence-corrected chi connectivity index (χ1v) is 6.75. The number of nitrogens with one attached hydrogen (secondary N) is 2. The summed E-state index contributed by atoms with van der Waals surface area (Å²) < 4.78 is 13.4. The zero-order valence-corrected chi connectivity index (χ0v) is 14.9. The fourth-order valence-corrected chi connectivity index (χ4v) is 1.59. The first-order valence-electron chi connectivity index (χ1n) is 6.75. The maximum atomic E-state index is 13.4. The molecule has 1 aromatic rings. The predicted octanol–water partition coefficient (Wildman–Crippen LogP) is 3.20. The molecule has 5 heteroatoms. The third-order valence-electron chi connectivity index (χ3n) is 3.23. The van der Waals surface area contributed by atoms with Crippen LogP contribution in [0.2, 0.25) is 0 Å². The van der Waals surface area contributed by atoms with Crippen LogP contribution in [0.25, 0.3) is 0 Å². The topological polar surface area (TPSA) is 36.4 Å². The highest BCUT2D eigenvalue weighted by atomic mass is 127. The van der Waals surface area contributed by atoms with Gasteiger partial charge in [0, 0.05) is 19.6 Å². The molecule has 0 aromatic heterocycles. The summed E-state index contributed by atoms with van der Waals surface area (Å²) in [7, 11) is 1.74. The lowest BCUT2D eigenvalue weighted by molar-refractivity contribution is 0.481. The molecule has 0 aliphatic heterocycles. The summed E-state index contributed by atoms with van der Waals surface area (Å²) >= 11 is 0. The smallest absolute Gasteiger partial charge is 0.191 e. The first kappa shape index (κ1) is 19.1. The molecule has 0 bridgehead atoms. The van der Waals surface area contributed by atoms with E-state index < -0.39 is 0 Å². The molecule has 1 aromatic carbocycles. The van der Waals surface area contributed by atoms with E-state index in [1.165, 1.54) is 6.07 Å². The molecule has 0 saturated heterocycles. The van der Waals surface area contributed by atoms with E-state index in [0.717, 1.165) is 11.5 Å². The van der Waals surface area contributed by atoms with E-state index in [2.05, 4.69) is 36.4 Å². The van der Waals surface area contributed by atoms with Crippen molar-refractivity contribution in [2.45, 2.75) is 33.2 Å². The van der Waals surface area contributed by atoms with E-state index in [9.17, 15) is 4.39 Å². The lowest BCUT2D eigenvalue weighted by Gasteiger charge is -2.20. The van der Waals surface area contributed by atoms with Gasteiger partial charge in [0.15, 0.2) is 5.96 Å². The van der Waals surface area contributed by atoms with E-state index in [0.29, 0.717) is 24.9 Å². The second-order valence-electron chi connectivity index (χ2n) is 5.02. The molecule has 0 amide bonds. The third kappa shape index (κ3) is 6.54. The minimum absolute atomic E-state index is 0. The van der Waals surface area contributed by atoms with Gasteiger partial charge in [0.1, 0.15) is 5.82 Å². The van der Waals surface area contributed by atoms with E-state index in [4.69, 9.17) is 0 Å². The molecule has 0 heterocycles. The number of guanidine groups is 1. The molecule has 20 heavy (non-hydrogen) atoms. The average Bonchev–Trinajstić information content (AvgIpc) is 2.39. The normalized spacial score (nSPS) is 12.8. The van der Waals surface area contributed by atoms with Crippen LogP contribution in [-0.4, -0.2) is 25.6 Å². The second kappa shape index (κ2) is 9.96. The van der Waals surface area contributed by atoms with Crippen LogP contribution in [0.1, 0.15) is 26.3 Å². The van der Waals surface area contributed by atoms with Gasteiger partial charge in [-0.15, -0.1) is 24.0 Å². The monoisotopic (exact) mass is 393 g/mol. The van der Waals surface area contributed by atoms with Crippen LogP contribution in [0.4, 0.5) is 4.39 Å². The number of rotatable bonds is 5. The number of hydrogen-bond acceptors (Lipinski definition) is 1. The predicted molar refractivity (Wildman–Crippen MR) is 94.3 cm³/mol. The molecule has 3 nitrogen and oxygen atoms in total. The van der Waals surface area contributed by atoms with Gasteiger partial charge >= 0.3 is 0 Å². The highest BCUT2D eigenvalue weighted by Crippen LogP contribution is 2.06. The Morgan fingerprint density at radius 3 is 2.45 bits per heavy atom. The van der Waals surface area contributed by atoms with E-state index in [-0.39, 0.29) is 29.8 Å². The van der Waals surface area contributed by atoms with Crippen molar-refractivity contribution in [1.82, 2.24) is 10.6 Å². The van der Waals surface area contributed by atoms with Crippen LogP contribution >= 0.6 is 24.0 Å². The largest absolute Gasteiger partial charge is 0.356 e. The Balaban J connectivity index is 0.00000361. The summed E-state index contributed by atoms with van der Waals surface area (Å²) in [5.41, 5.74) is 0.724. The van der Waals surface area contributed by atoms with E-state index >= 15 is 0 Å². The maximum Gasteiger partial charge on any atom is 0.191 e. The summed E-state index contributed by atoms with van der Waals surface area (Å²) in [5, 5.41) is 6.52. The highest BCUT2D eigenvalue weighted by Gasteiger charge is 2.08. The molecule has 0 aliphatic carbocycles. The Morgan fingerprint density at radius 1 is 1.25 bits per heavy atom. The van der Waals surface area contributed by atoms with Crippen molar-refractivity contribution in [1.29, 1.82) is 0 Å². The summed E-state index contributed by atoms with van der Waals surface area (Å²) in [6.07, 6.45) is 0.642. The van der Waals surface area contributed by atoms with Crippen molar-refractivity contribution in [3.05, 3.63) is 35.6 Å². The van der Waals surface area contributed by atoms with Gasteiger partial charge in [-0.3, -0.25) is 4.99 Å². The lowest BCUT2D eigenvalue weighted by atomic mass is 10.1. The molecule has 0 aliphatic rings. The minimum atomic E-state index is -0.150.